The fourth-order valence-corrected chi connectivity index (χ4v) is 2.57. The summed E-state index contributed by atoms with van der Waals surface area (Å²) in [6.07, 6.45) is 0. The minimum Gasteiger partial charge on any atom is -0.340 e. The topological polar surface area (TPSA) is 4.93 Å². The van der Waals surface area contributed by atoms with Gasteiger partial charge in [0.25, 0.3) is 0 Å². The van der Waals surface area contributed by atoms with Gasteiger partial charge in [0.05, 0.1) is 0 Å². The molecule has 0 atom stereocenters. The smallest absolute Gasteiger partial charge is 0.0491 e. The zero-order valence-electron chi connectivity index (χ0n) is 14.4. The first-order valence-electron chi connectivity index (χ1n) is 8.23. The zero-order chi connectivity index (χ0) is 15.8. The summed E-state index contributed by atoms with van der Waals surface area (Å²) in [5.74, 6) is 0.661. The molecule has 0 fully saturated rings. The van der Waals surface area contributed by atoms with Gasteiger partial charge in [-0.3, -0.25) is 0 Å². The van der Waals surface area contributed by atoms with Crippen LogP contribution in [-0.2, 0) is 6.54 Å². The number of hydrogen-bond donors (Lipinski definition) is 0. The minimum absolute atomic E-state index is 0.661. The van der Waals surface area contributed by atoms with Crippen molar-refractivity contribution < 1.29 is 0 Å². The highest BCUT2D eigenvalue weighted by Gasteiger charge is 2.09. The quantitative estimate of drug-likeness (QED) is 0.505. The van der Waals surface area contributed by atoms with E-state index in [0.29, 0.717) is 5.92 Å². The van der Waals surface area contributed by atoms with E-state index >= 15 is 0 Å². The van der Waals surface area contributed by atoms with Gasteiger partial charge in [-0.05, 0) is 18.1 Å². The molecule has 0 saturated carbocycles. The molecule has 0 saturated heterocycles. The van der Waals surface area contributed by atoms with Crippen LogP contribution in [0.1, 0.15) is 41.5 Å². The van der Waals surface area contributed by atoms with Gasteiger partial charge in [0.1, 0.15) is 0 Å². The summed E-state index contributed by atoms with van der Waals surface area (Å²) in [5, 5.41) is 2.73. The lowest BCUT2D eigenvalue weighted by Crippen LogP contribution is -2.03. The Morgan fingerprint density at radius 1 is 0.714 bits per heavy atom. The Hall–Kier alpha value is -1.76. The van der Waals surface area contributed by atoms with Crippen molar-refractivity contribution in [2.75, 3.05) is 0 Å². The molecule has 1 heteroatoms. The van der Waals surface area contributed by atoms with E-state index in [-0.39, 0.29) is 0 Å². The Labute approximate surface area is 129 Å². The van der Waals surface area contributed by atoms with Crippen molar-refractivity contribution in [1.82, 2.24) is 4.57 Å². The highest BCUT2D eigenvalue weighted by Crippen LogP contribution is 2.29. The van der Waals surface area contributed by atoms with Crippen molar-refractivity contribution in [2.24, 2.45) is 5.92 Å². The second kappa shape index (κ2) is 8.51. The molecule has 1 heterocycles. The predicted molar refractivity (Wildman–Crippen MR) is 97.0 cm³/mol. The van der Waals surface area contributed by atoms with Gasteiger partial charge in [-0.15, -0.1) is 0 Å². The summed E-state index contributed by atoms with van der Waals surface area (Å²) in [6.45, 7) is 13.6. The largest absolute Gasteiger partial charge is 0.340 e. The summed E-state index contributed by atoms with van der Waals surface area (Å²) in [5.41, 5.74) is 2.70. The molecule has 0 bridgehead atoms. The standard InChI is InChI=1S/C16H17N.2C2H6/c1-12(2)11-17-15-9-5-3-7-13(15)14-8-4-6-10-16(14)17;2*1-2/h3-10,12H,11H2,1-2H3;2*1-2H3. The monoisotopic (exact) mass is 283 g/mol. The molecule has 0 radical (unpaired) electrons. The van der Waals surface area contributed by atoms with Gasteiger partial charge in [0, 0.05) is 28.4 Å². The second-order valence-electron chi connectivity index (χ2n) is 5.04. The fourth-order valence-electron chi connectivity index (χ4n) is 2.57. The maximum Gasteiger partial charge on any atom is 0.0491 e. The van der Waals surface area contributed by atoms with E-state index < -0.39 is 0 Å². The van der Waals surface area contributed by atoms with Crippen molar-refractivity contribution in [3.8, 4) is 0 Å². The lowest BCUT2D eigenvalue weighted by Gasteiger charge is -2.09. The van der Waals surface area contributed by atoms with Crippen LogP contribution >= 0.6 is 0 Å². The predicted octanol–water partition coefficient (Wildman–Crippen LogP) is 6.50. The zero-order valence-corrected chi connectivity index (χ0v) is 14.4. The van der Waals surface area contributed by atoms with E-state index in [1.54, 1.807) is 0 Å². The van der Waals surface area contributed by atoms with Crippen molar-refractivity contribution in [3.05, 3.63) is 48.5 Å². The highest BCUT2D eigenvalue weighted by atomic mass is 15.0. The Morgan fingerprint density at radius 2 is 1.10 bits per heavy atom. The van der Waals surface area contributed by atoms with E-state index in [4.69, 9.17) is 0 Å². The van der Waals surface area contributed by atoms with Crippen LogP contribution in [0.25, 0.3) is 21.8 Å². The van der Waals surface area contributed by atoms with E-state index in [0.717, 1.165) is 6.54 Å². The average Bonchev–Trinajstić information content (AvgIpc) is 2.86. The Balaban J connectivity index is 0.000000510. The van der Waals surface area contributed by atoms with E-state index in [1.807, 2.05) is 27.7 Å². The second-order valence-corrected chi connectivity index (χ2v) is 5.04. The first kappa shape index (κ1) is 17.3. The number of benzene rings is 2. The Kier molecular flexibility index (Phi) is 7.01. The average molecular weight is 283 g/mol. The Morgan fingerprint density at radius 3 is 1.48 bits per heavy atom. The molecule has 3 rings (SSSR count). The Bertz CT molecular complexity index is 608. The van der Waals surface area contributed by atoms with E-state index in [1.165, 1.54) is 21.8 Å². The molecule has 114 valence electrons. The van der Waals surface area contributed by atoms with Crippen molar-refractivity contribution in [2.45, 2.75) is 48.1 Å². The number of hydrogen-bond acceptors (Lipinski definition) is 0. The third-order valence-corrected chi connectivity index (χ3v) is 3.23. The summed E-state index contributed by atoms with van der Waals surface area (Å²) in [6, 6.07) is 17.4. The van der Waals surface area contributed by atoms with Crippen molar-refractivity contribution >= 4 is 21.8 Å². The third kappa shape index (κ3) is 3.66. The molecule has 0 aliphatic heterocycles. The number of rotatable bonds is 2. The molecular formula is C20H29N. The van der Waals surface area contributed by atoms with Gasteiger partial charge in [-0.2, -0.15) is 0 Å². The van der Waals surface area contributed by atoms with E-state index in [9.17, 15) is 0 Å². The molecule has 0 spiro atoms. The van der Waals surface area contributed by atoms with Crippen LogP contribution < -0.4 is 0 Å². The van der Waals surface area contributed by atoms with Crippen LogP contribution in [0, 0.1) is 5.92 Å². The summed E-state index contributed by atoms with van der Waals surface area (Å²) in [4.78, 5) is 0. The molecule has 3 aromatic rings. The molecule has 21 heavy (non-hydrogen) atoms. The van der Waals surface area contributed by atoms with Crippen LogP contribution in [0.15, 0.2) is 48.5 Å². The van der Waals surface area contributed by atoms with Crippen LogP contribution in [0.4, 0.5) is 0 Å². The summed E-state index contributed by atoms with van der Waals surface area (Å²) in [7, 11) is 0. The first-order chi connectivity index (χ1) is 10.3. The molecule has 0 aliphatic carbocycles. The number of nitrogens with zero attached hydrogens (tertiary/aromatic N) is 1. The van der Waals surface area contributed by atoms with Gasteiger partial charge >= 0.3 is 0 Å². The molecule has 0 aliphatic rings. The minimum atomic E-state index is 0.661. The molecule has 0 unspecified atom stereocenters. The van der Waals surface area contributed by atoms with Gasteiger partial charge in [0.2, 0.25) is 0 Å². The van der Waals surface area contributed by atoms with Gasteiger partial charge in [-0.1, -0.05) is 77.9 Å². The summed E-state index contributed by atoms with van der Waals surface area (Å²) >= 11 is 0. The number of para-hydroxylation sites is 2. The van der Waals surface area contributed by atoms with Crippen molar-refractivity contribution in [3.63, 3.8) is 0 Å². The number of aromatic nitrogens is 1. The van der Waals surface area contributed by atoms with Gasteiger partial charge in [-0.25, -0.2) is 0 Å². The van der Waals surface area contributed by atoms with Crippen LogP contribution in [0.5, 0.6) is 0 Å². The first-order valence-corrected chi connectivity index (χ1v) is 8.23. The maximum atomic E-state index is 2.44. The molecule has 0 amide bonds. The molecule has 1 aromatic heterocycles. The molecular weight excluding hydrogens is 254 g/mol. The van der Waals surface area contributed by atoms with Gasteiger partial charge in [0.15, 0.2) is 0 Å². The maximum absolute atomic E-state index is 2.44. The van der Waals surface area contributed by atoms with Crippen molar-refractivity contribution in [1.29, 1.82) is 0 Å². The lowest BCUT2D eigenvalue weighted by molar-refractivity contribution is 0.545. The number of fused-ring (bicyclic) bond motifs is 3. The highest BCUT2D eigenvalue weighted by molar-refractivity contribution is 6.07. The van der Waals surface area contributed by atoms with Gasteiger partial charge < -0.3 is 4.57 Å². The SMILES string of the molecule is CC.CC.CC(C)Cn1c2ccccc2c2ccccc21. The third-order valence-electron chi connectivity index (χ3n) is 3.23. The summed E-state index contributed by atoms with van der Waals surface area (Å²) < 4.78 is 2.44. The normalized spacial score (nSPS) is 10.0. The van der Waals surface area contributed by atoms with E-state index in [2.05, 4.69) is 66.9 Å². The molecule has 2 aromatic carbocycles. The van der Waals surface area contributed by atoms with Crippen LogP contribution in [-0.4, -0.2) is 4.57 Å². The lowest BCUT2D eigenvalue weighted by atomic mass is 10.2. The van der Waals surface area contributed by atoms with Crippen LogP contribution in [0.3, 0.4) is 0 Å². The molecule has 0 N–H and O–H groups in total. The fraction of sp³-hybridized carbons (Fsp3) is 0.400. The van der Waals surface area contributed by atoms with Crippen LogP contribution in [0.2, 0.25) is 0 Å². The molecule has 1 nitrogen and oxygen atoms in total.